The molecule has 0 N–H and O–H groups in total. The highest BCUT2D eigenvalue weighted by Gasteiger charge is 1.98. The van der Waals surface area contributed by atoms with Crippen molar-refractivity contribution in [3.63, 3.8) is 0 Å². The van der Waals surface area contributed by atoms with E-state index in [9.17, 15) is 9.59 Å². The average Bonchev–Trinajstić information content (AvgIpc) is 1.61. The lowest BCUT2D eigenvalue weighted by Crippen LogP contribution is -1.69. The van der Waals surface area contributed by atoms with E-state index in [0.717, 1.165) is 21.6 Å². The molecule has 0 amide bonds. The standard InChI is InChI=1S/C2H2O2S4/c3-1(5)7-8-2(4)6/h(H,3,5)(H,4,6). The van der Waals surface area contributed by atoms with Gasteiger partial charge < -0.3 is 0 Å². The Labute approximate surface area is 65.4 Å². The fourth-order valence-corrected chi connectivity index (χ4v) is 1.31. The summed E-state index contributed by atoms with van der Waals surface area (Å²) in [5.41, 5.74) is 0. The number of hydrogen-bond acceptors (Lipinski definition) is 4. The molecule has 0 aliphatic carbocycles. The summed E-state index contributed by atoms with van der Waals surface area (Å²) in [7, 11) is 1.51. The quantitative estimate of drug-likeness (QED) is 0.450. The summed E-state index contributed by atoms with van der Waals surface area (Å²) in [6, 6.07) is 0. The van der Waals surface area contributed by atoms with E-state index in [1.165, 1.54) is 0 Å². The Kier molecular flexibility index (Phi) is 5.03. The van der Waals surface area contributed by atoms with E-state index < -0.39 is 8.89 Å². The first-order valence-corrected chi connectivity index (χ1v) is 4.47. The lowest BCUT2D eigenvalue weighted by molar-refractivity contribution is 0.276. The minimum Gasteiger partial charge on any atom is -0.274 e. The Balaban J connectivity index is 3.18. The fourth-order valence-electron chi connectivity index (χ4n) is 0.0713. The number of carbonyl (C=O) groups excluding carboxylic acids is 2. The first-order chi connectivity index (χ1) is 3.63. The van der Waals surface area contributed by atoms with Crippen LogP contribution >= 0.6 is 46.8 Å². The van der Waals surface area contributed by atoms with Crippen molar-refractivity contribution in [2.75, 3.05) is 0 Å². The Morgan fingerprint density at radius 1 is 1.00 bits per heavy atom. The van der Waals surface area contributed by atoms with Crippen LogP contribution < -0.4 is 0 Å². The Bertz CT molecular complexity index is 96.6. The van der Waals surface area contributed by atoms with Gasteiger partial charge in [-0.3, -0.25) is 9.59 Å². The van der Waals surface area contributed by atoms with Gasteiger partial charge in [0.1, 0.15) is 0 Å². The first-order valence-electron chi connectivity index (χ1n) is 1.43. The zero-order valence-corrected chi connectivity index (χ0v) is 6.95. The van der Waals surface area contributed by atoms with E-state index in [2.05, 4.69) is 25.3 Å². The van der Waals surface area contributed by atoms with Crippen molar-refractivity contribution in [1.29, 1.82) is 0 Å². The zero-order chi connectivity index (χ0) is 6.57. The molecule has 0 aromatic heterocycles. The van der Waals surface area contributed by atoms with Crippen molar-refractivity contribution in [2.45, 2.75) is 0 Å². The predicted molar refractivity (Wildman–Crippen MR) is 43.9 cm³/mol. The molecule has 0 aliphatic rings. The van der Waals surface area contributed by atoms with Gasteiger partial charge in [-0.15, -0.1) is 0 Å². The van der Waals surface area contributed by atoms with E-state index in [-0.39, 0.29) is 0 Å². The summed E-state index contributed by atoms with van der Waals surface area (Å²) in [5.74, 6) is 0. The summed E-state index contributed by atoms with van der Waals surface area (Å²) in [6.07, 6.45) is 0. The van der Waals surface area contributed by atoms with E-state index in [1.54, 1.807) is 0 Å². The minimum absolute atomic E-state index is 0.391. The van der Waals surface area contributed by atoms with Gasteiger partial charge >= 0.3 is 0 Å². The second-order valence-corrected chi connectivity index (χ2v) is 4.19. The molecule has 0 aliphatic heterocycles. The van der Waals surface area contributed by atoms with Crippen LogP contribution in [0.25, 0.3) is 0 Å². The maximum atomic E-state index is 9.97. The molecular formula is C2H2O2S4. The van der Waals surface area contributed by atoms with Gasteiger partial charge in [0.2, 0.25) is 0 Å². The summed E-state index contributed by atoms with van der Waals surface area (Å²) in [4.78, 5) is 19.9. The molecule has 0 bridgehead atoms. The second kappa shape index (κ2) is 4.60. The minimum atomic E-state index is -0.391. The van der Waals surface area contributed by atoms with Crippen LogP contribution in [-0.4, -0.2) is 8.89 Å². The molecule has 0 aromatic carbocycles. The van der Waals surface area contributed by atoms with E-state index in [0.29, 0.717) is 0 Å². The lowest BCUT2D eigenvalue weighted by Gasteiger charge is -1.83. The van der Waals surface area contributed by atoms with Crippen LogP contribution in [0.5, 0.6) is 0 Å². The highest BCUT2D eigenvalue weighted by atomic mass is 33.1. The topological polar surface area (TPSA) is 34.1 Å². The van der Waals surface area contributed by atoms with Gasteiger partial charge in [0.15, 0.2) is 0 Å². The number of hydrogen-bond donors (Lipinski definition) is 2. The molecule has 0 spiro atoms. The molecule has 0 rings (SSSR count). The van der Waals surface area contributed by atoms with Crippen LogP contribution in [-0.2, 0) is 0 Å². The molecule has 0 aromatic rings. The molecule has 0 unspecified atom stereocenters. The van der Waals surface area contributed by atoms with Crippen LogP contribution in [0.4, 0.5) is 9.59 Å². The van der Waals surface area contributed by atoms with E-state index >= 15 is 0 Å². The Morgan fingerprint density at radius 3 is 1.38 bits per heavy atom. The third-order valence-corrected chi connectivity index (χ3v) is 3.00. The molecule has 6 heteroatoms. The van der Waals surface area contributed by atoms with Gasteiger partial charge in [0.25, 0.3) is 8.89 Å². The smallest absolute Gasteiger partial charge is 0.253 e. The van der Waals surface area contributed by atoms with Crippen LogP contribution in [0.1, 0.15) is 0 Å². The normalized spacial score (nSPS) is 8.75. The van der Waals surface area contributed by atoms with Gasteiger partial charge in [0, 0.05) is 21.6 Å². The Morgan fingerprint density at radius 2 is 1.25 bits per heavy atom. The van der Waals surface area contributed by atoms with Gasteiger partial charge in [-0.1, -0.05) is 25.3 Å². The molecule has 0 saturated heterocycles. The average molecular weight is 186 g/mol. The lowest BCUT2D eigenvalue weighted by atomic mass is 11.8. The molecule has 46 valence electrons. The largest absolute Gasteiger partial charge is 0.274 e. The summed E-state index contributed by atoms with van der Waals surface area (Å²) >= 11 is 6.78. The van der Waals surface area contributed by atoms with Gasteiger partial charge in [0.05, 0.1) is 0 Å². The van der Waals surface area contributed by atoms with Crippen LogP contribution in [0.2, 0.25) is 0 Å². The molecule has 0 saturated carbocycles. The molecule has 8 heavy (non-hydrogen) atoms. The van der Waals surface area contributed by atoms with Gasteiger partial charge in [-0.25, -0.2) is 0 Å². The van der Waals surface area contributed by atoms with Crippen molar-refractivity contribution in [3.8, 4) is 0 Å². The molecular weight excluding hydrogens is 184 g/mol. The third kappa shape index (κ3) is 6.74. The second-order valence-electron chi connectivity index (χ2n) is 0.698. The predicted octanol–water partition coefficient (Wildman–Crippen LogP) is 2.47. The van der Waals surface area contributed by atoms with Gasteiger partial charge in [-0.2, -0.15) is 0 Å². The molecule has 0 fully saturated rings. The van der Waals surface area contributed by atoms with Crippen LogP contribution in [0.15, 0.2) is 0 Å². The van der Waals surface area contributed by atoms with Crippen molar-refractivity contribution in [1.82, 2.24) is 0 Å². The highest BCUT2D eigenvalue weighted by Crippen LogP contribution is 2.26. The number of rotatable bonds is 0. The van der Waals surface area contributed by atoms with E-state index in [1.807, 2.05) is 0 Å². The van der Waals surface area contributed by atoms with Crippen molar-refractivity contribution < 1.29 is 9.59 Å². The maximum absolute atomic E-state index is 9.97. The van der Waals surface area contributed by atoms with Crippen molar-refractivity contribution in [3.05, 3.63) is 0 Å². The number of carbonyl (C=O) groups is 2. The van der Waals surface area contributed by atoms with Gasteiger partial charge in [-0.05, 0) is 0 Å². The third-order valence-electron chi connectivity index (χ3n) is 0.184. The molecule has 0 radical (unpaired) electrons. The monoisotopic (exact) mass is 186 g/mol. The first kappa shape index (κ1) is 8.74. The van der Waals surface area contributed by atoms with Crippen LogP contribution in [0.3, 0.4) is 0 Å². The highest BCUT2D eigenvalue weighted by molar-refractivity contribution is 8.92. The van der Waals surface area contributed by atoms with E-state index in [4.69, 9.17) is 0 Å². The zero-order valence-electron chi connectivity index (χ0n) is 3.53. The summed E-state index contributed by atoms with van der Waals surface area (Å²) in [6.45, 7) is 0. The Hall–Kier alpha value is 0.740. The number of thiol groups is 2. The van der Waals surface area contributed by atoms with Crippen molar-refractivity contribution in [2.24, 2.45) is 0 Å². The molecule has 2 nitrogen and oxygen atoms in total. The molecule has 0 heterocycles. The SMILES string of the molecule is O=C(S)SSC(=O)S. The van der Waals surface area contributed by atoms with Crippen LogP contribution in [0, 0.1) is 0 Å². The fraction of sp³-hybridized carbons (Fsp3) is 0. The van der Waals surface area contributed by atoms with Crippen molar-refractivity contribution >= 4 is 55.7 Å². The summed E-state index contributed by atoms with van der Waals surface area (Å²) in [5, 5.41) is 0. The summed E-state index contributed by atoms with van der Waals surface area (Å²) < 4.78 is -0.783. The molecule has 0 atom stereocenters. The maximum Gasteiger partial charge on any atom is 0.253 e.